The molecule has 0 spiro atoms. The highest BCUT2D eigenvalue weighted by atomic mass is 31.1. The van der Waals surface area contributed by atoms with Crippen molar-refractivity contribution in [3.63, 3.8) is 0 Å². The van der Waals surface area contributed by atoms with Crippen molar-refractivity contribution >= 4 is 16.4 Å². The molecule has 0 aromatic heterocycles. The highest BCUT2D eigenvalue weighted by Crippen LogP contribution is 2.46. The molecule has 0 N–H and O–H groups in total. The van der Waals surface area contributed by atoms with Crippen LogP contribution in [0.15, 0.2) is 0 Å². The van der Waals surface area contributed by atoms with Crippen molar-refractivity contribution in [3.05, 3.63) is 0 Å². The highest BCUT2D eigenvalue weighted by Gasteiger charge is 2.22. The Hall–Kier alpha value is 0.700. The van der Waals surface area contributed by atoms with Gasteiger partial charge >= 0.3 is 0 Å². The van der Waals surface area contributed by atoms with Gasteiger partial charge in [0.05, 0.1) is 0 Å². The van der Waals surface area contributed by atoms with Crippen LogP contribution in [0.25, 0.3) is 0 Å². The van der Waals surface area contributed by atoms with E-state index in [0.29, 0.717) is 0 Å². The maximum Gasteiger partial charge on any atom is 0.0394 e. The Balaban J connectivity index is 4.62. The molecule has 0 unspecified atom stereocenters. The molecule has 0 radical (unpaired) electrons. The van der Waals surface area contributed by atoms with Gasteiger partial charge in [-0.2, -0.15) is 0 Å². The molecule has 0 fully saturated rings. The molecule has 164 valence electrons. The smallest absolute Gasteiger partial charge is 0.0394 e. The average molecular weight is 421 g/mol. The predicted octanol–water partition coefficient (Wildman–Crippen LogP) is 6.15. The zero-order chi connectivity index (χ0) is 20.7. The summed E-state index contributed by atoms with van der Waals surface area (Å²) in [6.45, 7) is 28.1. The summed E-state index contributed by atoms with van der Waals surface area (Å²) in [5.74, 6) is 0. The van der Waals surface area contributed by atoms with E-state index < -0.39 is 0 Å². The summed E-state index contributed by atoms with van der Waals surface area (Å²) in [4.78, 5) is 0. The fourth-order valence-corrected chi connectivity index (χ4v) is 9.28. The lowest BCUT2D eigenvalue weighted by Crippen LogP contribution is -2.30. The minimum atomic E-state index is -0.106. The lowest BCUT2D eigenvalue weighted by atomic mass is 10.3. The Bertz CT molecular complexity index is 263. The predicted molar refractivity (Wildman–Crippen MR) is 129 cm³/mol. The number of hydrogen-bond acceptors (Lipinski definition) is 4. The summed E-state index contributed by atoms with van der Waals surface area (Å²) < 4.78 is 10.8. The Morgan fingerprint density at radius 3 is 0.778 bits per heavy atom. The van der Waals surface area contributed by atoms with Gasteiger partial charge in [0.1, 0.15) is 0 Å². The lowest BCUT2D eigenvalue weighted by molar-refractivity contribution is 0.419. The van der Waals surface area contributed by atoms with Gasteiger partial charge in [-0.1, -0.05) is 61.8 Å². The van der Waals surface area contributed by atoms with Crippen LogP contribution in [0.4, 0.5) is 0 Å². The fourth-order valence-electron chi connectivity index (χ4n) is 3.81. The summed E-state index contributed by atoms with van der Waals surface area (Å²) in [6, 6.07) is 0. The average Bonchev–Trinajstić information content (AvgIpc) is 2.70. The molecule has 0 heterocycles. The van der Waals surface area contributed by atoms with Crippen molar-refractivity contribution in [2.24, 2.45) is 0 Å². The van der Waals surface area contributed by atoms with E-state index in [1.165, 1.54) is 83.9 Å². The van der Waals surface area contributed by atoms with Gasteiger partial charge in [0, 0.05) is 68.8 Å². The SMILES string of the molecule is CCN(CC)P(CCCCCP(N(CC)CC)N(CC)CC)N(CC)CC. The van der Waals surface area contributed by atoms with Crippen molar-refractivity contribution in [1.82, 2.24) is 18.7 Å². The van der Waals surface area contributed by atoms with Crippen LogP contribution >= 0.6 is 16.4 Å². The Morgan fingerprint density at radius 2 is 0.593 bits per heavy atom. The first-order valence-corrected chi connectivity index (χ1v) is 14.5. The van der Waals surface area contributed by atoms with Gasteiger partial charge in [-0.05, 0) is 25.2 Å². The van der Waals surface area contributed by atoms with Crippen LogP contribution in [0.3, 0.4) is 0 Å². The first kappa shape index (κ1) is 27.7. The number of unbranched alkanes of at least 4 members (excludes halogenated alkanes) is 2. The summed E-state index contributed by atoms with van der Waals surface area (Å²) in [6.07, 6.45) is 6.93. The first-order valence-electron chi connectivity index (χ1n) is 11.6. The van der Waals surface area contributed by atoms with Gasteiger partial charge in [0.25, 0.3) is 0 Å². The summed E-state index contributed by atoms with van der Waals surface area (Å²) in [7, 11) is -0.212. The summed E-state index contributed by atoms with van der Waals surface area (Å²) in [5.41, 5.74) is 0. The number of rotatable bonds is 18. The van der Waals surface area contributed by atoms with E-state index in [2.05, 4.69) is 74.1 Å². The zero-order valence-electron chi connectivity index (χ0n) is 19.9. The molecule has 27 heavy (non-hydrogen) atoms. The van der Waals surface area contributed by atoms with Crippen LogP contribution in [-0.4, -0.2) is 83.4 Å². The summed E-state index contributed by atoms with van der Waals surface area (Å²) in [5, 5.41) is 0. The Kier molecular flexibility index (Phi) is 18.0. The van der Waals surface area contributed by atoms with E-state index in [1.807, 2.05) is 0 Å². The van der Waals surface area contributed by atoms with Gasteiger partial charge in [0.2, 0.25) is 0 Å². The standard InChI is InChI=1S/C21H50N4P2/c1-9-22(10-2)26(23(11-3)12-4)20-18-17-19-21-27(24(13-5)14-6)25(15-7)16-8/h9-21H2,1-8H3. The molecule has 0 aliphatic heterocycles. The van der Waals surface area contributed by atoms with Crippen LogP contribution in [0.2, 0.25) is 0 Å². The van der Waals surface area contributed by atoms with Crippen molar-refractivity contribution in [2.75, 3.05) is 64.7 Å². The maximum absolute atomic E-state index is 2.71. The molecule has 6 heteroatoms. The lowest BCUT2D eigenvalue weighted by Gasteiger charge is -2.38. The Labute approximate surface area is 174 Å². The van der Waals surface area contributed by atoms with Crippen molar-refractivity contribution in [2.45, 2.75) is 74.7 Å². The molecule has 0 saturated heterocycles. The van der Waals surface area contributed by atoms with Gasteiger partial charge in [-0.15, -0.1) is 0 Å². The second-order valence-electron chi connectivity index (χ2n) is 6.81. The zero-order valence-corrected chi connectivity index (χ0v) is 21.7. The second kappa shape index (κ2) is 17.5. The van der Waals surface area contributed by atoms with Gasteiger partial charge in [-0.25, -0.2) is 0 Å². The van der Waals surface area contributed by atoms with Crippen molar-refractivity contribution in [1.29, 1.82) is 0 Å². The quantitative estimate of drug-likeness (QED) is 0.195. The minimum Gasteiger partial charge on any atom is -0.270 e. The van der Waals surface area contributed by atoms with Crippen LogP contribution in [0.5, 0.6) is 0 Å². The normalized spacial score (nSPS) is 12.7. The third kappa shape index (κ3) is 9.83. The molecule has 0 aliphatic rings. The topological polar surface area (TPSA) is 13.0 Å². The monoisotopic (exact) mass is 420 g/mol. The minimum absolute atomic E-state index is 0.106. The van der Waals surface area contributed by atoms with Crippen LogP contribution in [0.1, 0.15) is 74.7 Å². The highest BCUT2D eigenvalue weighted by molar-refractivity contribution is 7.53. The summed E-state index contributed by atoms with van der Waals surface area (Å²) >= 11 is 0. The van der Waals surface area contributed by atoms with Crippen LogP contribution < -0.4 is 0 Å². The molecular formula is C21H50N4P2. The molecule has 0 atom stereocenters. The molecule has 0 aromatic rings. The van der Waals surface area contributed by atoms with Crippen molar-refractivity contribution in [3.8, 4) is 0 Å². The number of nitrogens with zero attached hydrogens (tertiary/aromatic N) is 4. The third-order valence-electron chi connectivity index (χ3n) is 5.44. The van der Waals surface area contributed by atoms with E-state index in [-0.39, 0.29) is 16.4 Å². The second-order valence-corrected chi connectivity index (χ2v) is 11.5. The van der Waals surface area contributed by atoms with Crippen LogP contribution in [-0.2, 0) is 0 Å². The molecule has 0 aliphatic carbocycles. The van der Waals surface area contributed by atoms with Crippen molar-refractivity contribution < 1.29 is 0 Å². The maximum atomic E-state index is 2.71. The van der Waals surface area contributed by atoms with Crippen LogP contribution in [0, 0.1) is 0 Å². The third-order valence-corrected chi connectivity index (χ3v) is 11.7. The Morgan fingerprint density at radius 1 is 0.370 bits per heavy atom. The molecule has 0 amide bonds. The van der Waals surface area contributed by atoms with Gasteiger partial charge in [-0.3, -0.25) is 18.7 Å². The molecule has 0 aromatic carbocycles. The first-order chi connectivity index (χ1) is 13.1. The van der Waals surface area contributed by atoms with E-state index >= 15 is 0 Å². The molecule has 0 rings (SSSR count). The number of hydrogen-bond donors (Lipinski definition) is 0. The molecule has 0 bridgehead atoms. The van der Waals surface area contributed by atoms with E-state index in [0.717, 1.165) is 0 Å². The van der Waals surface area contributed by atoms with E-state index in [4.69, 9.17) is 0 Å². The van der Waals surface area contributed by atoms with Gasteiger partial charge < -0.3 is 0 Å². The fraction of sp³-hybridized carbons (Fsp3) is 1.00. The van der Waals surface area contributed by atoms with Gasteiger partial charge in [0.15, 0.2) is 0 Å². The molecule has 4 nitrogen and oxygen atoms in total. The largest absolute Gasteiger partial charge is 0.270 e. The molecule has 0 saturated carbocycles. The van der Waals surface area contributed by atoms with E-state index in [1.54, 1.807) is 0 Å². The molecular weight excluding hydrogens is 370 g/mol. The van der Waals surface area contributed by atoms with E-state index in [9.17, 15) is 0 Å².